The first-order valence-corrected chi connectivity index (χ1v) is 8.03. The van der Waals surface area contributed by atoms with Crippen LogP contribution in [-0.4, -0.2) is 11.4 Å². The number of rotatable bonds is 3. The number of carbonyl (C=O) groups excluding carboxylic acids is 1. The molecule has 0 N–H and O–H groups in total. The van der Waals surface area contributed by atoms with E-state index in [1.807, 2.05) is 13.8 Å². The fourth-order valence-electron chi connectivity index (χ4n) is 2.55. The Kier molecular flexibility index (Phi) is 4.26. The number of fused-ring (bicyclic) bond motifs is 1. The minimum absolute atomic E-state index is 0.0805. The molecule has 0 aliphatic carbocycles. The molecule has 0 bridgehead atoms. The Morgan fingerprint density at radius 3 is 2.57 bits per heavy atom. The molecular weight excluding hydrogens is 335 g/mol. The summed E-state index contributed by atoms with van der Waals surface area (Å²) in [6.07, 6.45) is 0.370. The van der Waals surface area contributed by atoms with Gasteiger partial charge in [0.25, 0.3) is 0 Å². The van der Waals surface area contributed by atoms with E-state index in [1.54, 1.807) is 36.4 Å². The van der Waals surface area contributed by atoms with Crippen LogP contribution in [0.1, 0.15) is 36.2 Å². The zero-order valence-electron chi connectivity index (χ0n) is 12.9. The number of Topliss-reactive ketones (excluding diaryl/α,β-unsaturated/α-hetero) is 1. The highest BCUT2D eigenvalue weighted by Crippen LogP contribution is 2.36. The van der Waals surface area contributed by atoms with Crippen molar-refractivity contribution in [2.75, 3.05) is 0 Å². The van der Waals surface area contributed by atoms with E-state index < -0.39 is 5.60 Å². The van der Waals surface area contributed by atoms with Crippen molar-refractivity contribution in [2.45, 2.75) is 32.5 Å². The smallest absolute Gasteiger partial charge is 0.170 e. The number of hydrogen-bond acceptors (Lipinski definition) is 3. The molecule has 1 aliphatic rings. The van der Waals surface area contributed by atoms with Gasteiger partial charge in [0.2, 0.25) is 0 Å². The first-order valence-electron chi connectivity index (χ1n) is 7.28. The molecule has 2 aromatic rings. The fourth-order valence-corrected chi connectivity index (χ4v) is 3.06. The summed E-state index contributed by atoms with van der Waals surface area (Å²) in [6.45, 7) is 4.03. The normalized spacial score (nSPS) is 15.7. The van der Waals surface area contributed by atoms with Crippen LogP contribution < -0.4 is 9.47 Å². The molecule has 0 saturated heterocycles. The van der Waals surface area contributed by atoms with Gasteiger partial charge in [-0.2, -0.15) is 0 Å². The third-order valence-electron chi connectivity index (χ3n) is 3.67. The SMILES string of the molecule is CC1(C)CC(=O)c2ccc(OCc3c(Cl)cccc3Cl)cc2O1. The predicted octanol–water partition coefficient (Wildman–Crippen LogP) is 5.32. The van der Waals surface area contributed by atoms with Gasteiger partial charge in [-0.1, -0.05) is 29.3 Å². The Bertz CT molecular complexity index is 749. The van der Waals surface area contributed by atoms with Crippen LogP contribution in [0.25, 0.3) is 0 Å². The largest absolute Gasteiger partial charge is 0.489 e. The van der Waals surface area contributed by atoms with Crippen LogP contribution in [0, 0.1) is 0 Å². The van der Waals surface area contributed by atoms with Crippen molar-refractivity contribution in [3.05, 3.63) is 57.6 Å². The first kappa shape index (κ1) is 16.2. The fraction of sp³-hybridized carbons (Fsp3) is 0.278. The highest BCUT2D eigenvalue weighted by Gasteiger charge is 2.32. The molecular formula is C18H16Cl2O3. The molecule has 0 atom stereocenters. The Balaban J connectivity index is 1.82. The second-order valence-corrected chi connectivity index (χ2v) is 6.92. The number of hydrogen-bond donors (Lipinski definition) is 0. The highest BCUT2D eigenvalue weighted by molar-refractivity contribution is 6.35. The van der Waals surface area contributed by atoms with Crippen molar-refractivity contribution in [3.63, 3.8) is 0 Å². The molecule has 0 aromatic heterocycles. The molecule has 3 nitrogen and oxygen atoms in total. The van der Waals surface area contributed by atoms with Crippen molar-refractivity contribution >= 4 is 29.0 Å². The van der Waals surface area contributed by atoms with Crippen LogP contribution in [0.2, 0.25) is 10.0 Å². The zero-order chi connectivity index (χ0) is 16.6. The lowest BCUT2D eigenvalue weighted by atomic mass is 9.93. The van der Waals surface area contributed by atoms with Crippen molar-refractivity contribution < 1.29 is 14.3 Å². The minimum atomic E-state index is -0.505. The van der Waals surface area contributed by atoms with Crippen LogP contribution in [0.3, 0.4) is 0 Å². The molecule has 3 rings (SSSR count). The predicted molar refractivity (Wildman–Crippen MR) is 90.9 cm³/mol. The molecule has 0 spiro atoms. The molecule has 0 amide bonds. The Morgan fingerprint density at radius 2 is 1.87 bits per heavy atom. The maximum absolute atomic E-state index is 12.1. The molecule has 0 unspecified atom stereocenters. The molecule has 23 heavy (non-hydrogen) atoms. The average Bonchev–Trinajstić information content (AvgIpc) is 2.45. The topological polar surface area (TPSA) is 35.5 Å². The molecule has 5 heteroatoms. The maximum atomic E-state index is 12.1. The average molecular weight is 351 g/mol. The lowest BCUT2D eigenvalue weighted by molar-refractivity contribution is 0.0618. The summed E-state index contributed by atoms with van der Waals surface area (Å²) in [5, 5.41) is 1.12. The molecule has 0 radical (unpaired) electrons. The van der Waals surface area contributed by atoms with E-state index in [9.17, 15) is 4.79 Å². The molecule has 1 heterocycles. The van der Waals surface area contributed by atoms with Gasteiger partial charge >= 0.3 is 0 Å². The van der Waals surface area contributed by atoms with Crippen molar-refractivity contribution in [2.24, 2.45) is 0 Å². The molecule has 120 valence electrons. The van der Waals surface area contributed by atoms with Gasteiger partial charge in [-0.3, -0.25) is 4.79 Å². The lowest BCUT2D eigenvalue weighted by Gasteiger charge is -2.31. The molecule has 0 saturated carbocycles. The second-order valence-electron chi connectivity index (χ2n) is 6.11. The number of ketones is 1. The summed E-state index contributed by atoms with van der Waals surface area (Å²) in [4.78, 5) is 12.1. The third kappa shape index (κ3) is 3.46. The van der Waals surface area contributed by atoms with Gasteiger partial charge in [0.1, 0.15) is 23.7 Å². The number of halogens is 2. The van der Waals surface area contributed by atoms with Crippen molar-refractivity contribution in [1.82, 2.24) is 0 Å². The van der Waals surface area contributed by atoms with Gasteiger partial charge in [-0.05, 0) is 38.1 Å². The van der Waals surface area contributed by atoms with E-state index in [4.69, 9.17) is 32.7 Å². The van der Waals surface area contributed by atoms with E-state index in [2.05, 4.69) is 0 Å². The van der Waals surface area contributed by atoms with Crippen LogP contribution in [0.4, 0.5) is 0 Å². The Morgan fingerprint density at radius 1 is 1.17 bits per heavy atom. The standard InChI is InChI=1S/C18H16Cl2O3/c1-18(2)9-16(21)12-7-6-11(8-17(12)23-18)22-10-13-14(19)4-3-5-15(13)20/h3-8H,9-10H2,1-2H3. The Hall–Kier alpha value is -1.71. The summed E-state index contributed by atoms with van der Waals surface area (Å²) in [5.74, 6) is 1.23. The zero-order valence-corrected chi connectivity index (χ0v) is 14.4. The quantitative estimate of drug-likeness (QED) is 0.751. The maximum Gasteiger partial charge on any atom is 0.170 e. The van der Waals surface area contributed by atoms with Gasteiger partial charge in [0.05, 0.1) is 12.0 Å². The number of benzene rings is 2. The van der Waals surface area contributed by atoms with Gasteiger partial charge in [0.15, 0.2) is 5.78 Å². The van der Waals surface area contributed by atoms with E-state index in [1.165, 1.54) is 0 Å². The van der Waals surface area contributed by atoms with Gasteiger partial charge in [-0.25, -0.2) is 0 Å². The van der Waals surface area contributed by atoms with Gasteiger partial charge in [0, 0.05) is 21.7 Å². The van der Waals surface area contributed by atoms with Crippen LogP contribution in [0.5, 0.6) is 11.5 Å². The van der Waals surface area contributed by atoms with Gasteiger partial charge in [-0.15, -0.1) is 0 Å². The van der Waals surface area contributed by atoms with E-state index in [0.29, 0.717) is 33.5 Å². The van der Waals surface area contributed by atoms with Crippen molar-refractivity contribution in [3.8, 4) is 11.5 Å². The Labute approximate surface area is 145 Å². The molecule has 0 fully saturated rings. The monoisotopic (exact) mass is 350 g/mol. The van der Waals surface area contributed by atoms with Gasteiger partial charge < -0.3 is 9.47 Å². The highest BCUT2D eigenvalue weighted by atomic mass is 35.5. The van der Waals surface area contributed by atoms with Crippen LogP contribution in [-0.2, 0) is 6.61 Å². The second kappa shape index (κ2) is 6.06. The lowest BCUT2D eigenvalue weighted by Crippen LogP contribution is -2.35. The van der Waals surface area contributed by atoms with Crippen LogP contribution in [0.15, 0.2) is 36.4 Å². The van der Waals surface area contributed by atoms with E-state index in [0.717, 1.165) is 5.56 Å². The molecule has 2 aromatic carbocycles. The summed E-state index contributed by atoms with van der Waals surface area (Å²) in [5.41, 5.74) is 0.813. The van der Waals surface area contributed by atoms with E-state index >= 15 is 0 Å². The summed E-state index contributed by atoms with van der Waals surface area (Å²) in [6, 6.07) is 10.5. The van der Waals surface area contributed by atoms with Crippen LogP contribution >= 0.6 is 23.2 Å². The molecule has 1 aliphatic heterocycles. The first-order chi connectivity index (χ1) is 10.9. The van der Waals surface area contributed by atoms with E-state index in [-0.39, 0.29) is 12.4 Å². The summed E-state index contributed by atoms with van der Waals surface area (Å²) < 4.78 is 11.6. The third-order valence-corrected chi connectivity index (χ3v) is 4.38. The summed E-state index contributed by atoms with van der Waals surface area (Å²) in [7, 11) is 0. The number of carbonyl (C=O) groups is 1. The number of ether oxygens (including phenoxy) is 2. The minimum Gasteiger partial charge on any atom is -0.489 e. The summed E-state index contributed by atoms with van der Waals surface area (Å²) >= 11 is 12.3. The van der Waals surface area contributed by atoms with Crippen molar-refractivity contribution in [1.29, 1.82) is 0 Å².